The van der Waals surface area contributed by atoms with E-state index in [4.69, 9.17) is 4.74 Å². The number of anilines is 2. The molecule has 0 saturated carbocycles. The highest BCUT2D eigenvalue weighted by Crippen LogP contribution is 2.38. The molecule has 20 nitrogen and oxygen atoms in total. The summed E-state index contributed by atoms with van der Waals surface area (Å²) in [5, 5.41) is 78.1. The van der Waals surface area contributed by atoms with Crippen molar-refractivity contribution in [2.45, 2.75) is 24.4 Å². The van der Waals surface area contributed by atoms with Crippen molar-refractivity contribution in [3.63, 3.8) is 0 Å². The van der Waals surface area contributed by atoms with Gasteiger partial charge >= 0.3 is 0 Å². The number of amides is 6. The molecule has 0 fully saturated rings. The van der Waals surface area contributed by atoms with E-state index >= 15 is 0 Å². The zero-order valence-electron chi connectivity index (χ0n) is 31.1. The Balaban J connectivity index is 2.66. The third kappa shape index (κ3) is 14.2. The van der Waals surface area contributed by atoms with Gasteiger partial charge in [0.25, 0.3) is 23.6 Å². The molecule has 6 amide bonds. The molecule has 2 aromatic carbocycles. The number of nitrogens with one attached hydrogen (secondary N) is 4. The molecule has 328 valence electrons. The van der Waals surface area contributed by atoms with Crippen LogP contribution in [0.2, 0.25) is 0 Å². The van der Waals surface area contributed by atoms with E-state index in [1.807, 2.05) is 45.2 Å². The van der Waals surface area contributed by atoms with Gasteiger partial charge in [0.05, 0.1) is 105 Å². The van der Waals surface area contributed by atoms with Gasteiger partial charge in [-0.15, -0.1) is 0 Å². The molecule has 0 bridgehead atoms. The van der Waals surface area contributed by atoms with Crippen LogP contribution in [-0.2, 0) is 14.3 Å². The standard InChI is InChI=1S/C33H40I6N6O14/c1-44(5-12(50)7-46)32(57)20-23(35)21(33(58)45(2)6-13(51)8-47)27(39)29(26(20)38)42-16(53)4-40-30(55)18-22(34)19(31(56)41-14(9-48)15(52)10-49)25(37)28(24(18)36)43-17(54)11-59-3/h12-15,46-52H,4-11H2,1-3H3,(H,40,55)(H,41,56)(H,42,53)(H,43,54). The summed E-state index contributed by atoms with van der Waals surface area (Å²) in [6, 6.07) is -1.30. The van der Waals surface area contributed by atoms with Gasteiger partial charge in [0.15, 0.2) is 0 Å². The van der Waals surface area contributed by atoms with Crippen molar-refractivity contribution < 1.29 is 69.2 Å². The zero-order valence-corrected chi connectivity index (χ0v) is 44.1. The number of ether oxygens (including phenoxy) is 1. The lowest BCUT2D eigenvalue weighted by molar-refractivity contribution is -0.119. The van der Waals surface area contributed by atoms with Gasteiger partial charge in [-0.3, -0.25) is 28.8 Å². The largest absolute Gasteiger partial charge is 0.394 e. The van der Waals surface area contributed by atoms with Gasteiger partial charge < -0.3 is 71.5 Å². The molecule has 0 aliphatic heterocycles. The Morgan fingerprint density at radius 3 is 1.41 bits per heavy atom. The minimum atomic E-state index is -1.53. The fourth-order valence-electron chi connectivity index (χ4n) is 4.99. The maximum Gasteiger partial charge on any atom is 0.255 e. The molecule has 2 rings (SSSR count). The first-order valence-electron chi connectivity index (χ1n) is 16.7. The Kier molecular flexibility index (Phi) is 23.6. The summed E-state index contributed by atoms with van der Waals surface area (Å²) in [5.74, 6) is -4.55. The predicted molar refractivity (Wildman–Crippen MR) is 262 cm³/mol. The third-order valence-electron chi connectivity index (χ3n) is 7.98. The van der Waals surface area contributed by atoms with Crippen LogP contribution in [0.3, 0.4) is 0 Å². The SMILES string of the molecule is COCC(=O)Nc1c(I)c(C(=O)NCC(=O)Nc2c(I)c(C(=O)N(C)CC(O)CO)c(I)c(C(=O)N(C)CC(O)CO)c2I)c(I)c(C(=O)NC(CO)C(O)CO)c1I. The Morgan fingerprint density at radius 1 is 0.593 bits per heavy atom. The molecule has 59 heavy (non-hydrogen) atoms. The molecule has 0 heterocycles. The second-order valence-corrected chi connectivity index (χ2v) is 18.9. The number of rotatable bonds is 20. The number of carbonyl (C=O) groups excluding carboxylic acids is 6. The number of methoxy groups -OCH3 is 1. The van der Waals surface area contributed by atoms with E-state index in [0.29, 0.717) is 0 Å². The summed E-state index contributed by atoms with van der Waals surface area (Å²) in [6.07, 6.45) is -4.10. The monoisotopic (exact) mass is 1510 g/mol. The van der Waals surface area contributed by atoms with E-state index < -0.39 is 92.8 Å². The van der Waals surface area contributed by atoms with Crippen LogP contribution < -0.4 is 21.3 Å². The molecule has 2 aromatic rings. The summed E-state index contributed by atoms with van der Waals surface area (Å²) < 4.78 is 5.84. The predicted octanol–water partition coefficient (Wildman–Crippen LogP) is -0.438. The summed E-state index contributed by atoms with van der Waals surface area (Å²) in [4.78, 5) is 83.6. The number of benzene rings is 2. The third-order valence-corrected chi connectivity index (χ3v) is 14.5. The number of carbonyl (C=O) groups is 6. The van der Waals surface area contributed by atoms with Crippen molar-refractivity contribution >= 4 is 182 Å². The van der Waals surface area contributed by atoms with Crippen molar-refractivity contribution in [3.8, 4) is 0 Å². The summed E-state index contributed by atoms with van der Waals surface area (Å²) in [6.45, 7) is -4.44. The van der Waals surface area contributed by atoms with Crippen molar-refractivity contribution in [1.82, 2.24) is 20.4 Å². The van der Waals surface area contributed by atoms with Gasteiger partial charge in [0.1, 0.15) is 6.61 Å². The molecule has 0 saturated heterocycles. The summed E-state index contributed by atoms with van der Waals surface area (Å²) in [5.41, 5.74) is -0.297. The van der Waals surface area contributed by atoms with E-state index in [-0.39, 0.29) is 74.7 Å². The number of nitrogens with zero attached hydrogens (tertiary/aromatic N) is 2. The first-order chi connectivity index (χ1) is 27.6. The van der Waals surface area contributed by atoms with Crippen molar-refractivity contribution in [3.05, 3.63) is 43.7 Å². The topological polar surface area (TPSA) is 308 Å². The van der Waals surface area contributed by atoms with Gasteiger partial charge in [-0.1, -0.05) is 0 Å². The van der Waals surface area contributed by atoms with E-state index in [0.717, 1.165) is 9.80 Å². The Hall–Kier alpha value is -0.680. The number of aliphatic hydroxyl groups is 7. The van der Waals surface area contributed by atoms with Crippen molar-refractivity contribution in [2.24, 2.45) is 0 Å². The molecule has 0 aliphatic rings. The molecular weight excluding hydrogens is 1470 g/mol. The van der Waals surface area contributed by atoms with Gasteiger partial charge in [-0.2, -0.15) is 0 Å². The minimum Gasteiger partial charge on any atom is -0.394 e. The Bertz CT molecular complexity index is 1870. The normalized spacial score (nSPS) is 13.2. The van der Waals surface area contributed by atoms with Gasteiger partial charge in [0.2, 0.25) is 11.8 Å². The first-order valence-corrected chi connectivity index (χ1v) is 23.2. The highest BCUT2D eigenvalue weighted by Gasteiger charge is 2.33. The number of likely N-dealkylation sites (N-methyl/N-ethyl adjacent to an activating group) is 2. The maximum absolute atomic E-state index is 13.9. The van der Waals surface area contributed by atoms with E-state index in [1.54, 1.807) is 90.4 Å². The first kappa shape index (κ1) is 54.5. The molecule has 0 aromatic heterocycles. The number of hydrogen-bond donors (Lipinski definition) is 11. The summed E-state index contributed by atoms with van der Waals surface area (Å²) >= 11 is 10.7. The second kappa shape index (κ2) is 25.6. The highest BCUT2D eigenvalue weighted by atomic mass is 127. The summed E-state index contributed by atoms with van der Waals surface area (Å²) in [7, 11) is 4.02. The maximum atomic E-state index is 13.9. The van der Waals surface area contributed by atoms with Crippen LogP contribution in [-0.4, -0.2) is 179 Å². The number of halogens is 6. The minimum absolute atomic E-state index is 0.00816. The average molecular weight is 1510 g/mol. The van der Waals surface area contributed by atoms with Crippen LogP contribution >= 0.6 is 136 Å². The van der Waals surface area contributed by atoms with Gasteiger partial charge in [0, 0.05) is 41.4 Å². The van der Waals surface area contributed by atoms with Crippen LogP contribution in [0.25, 0.3) is 0 Å². The van der Waals surface area contributed by atoms with E-state index in [1.165, 1.54) is 21.2 Å². The molecule has 11 N–H and O–H groups in total. The number of hydrogen-bond acceptors (Lipinski definition) is 14. The van der Waals surface area contributed by atoms with Gasteiger partial charge in [-0.25, -0.2) is 0 Å². The van der Waals surface area contributed by atoms with Crippen molar-refractivity contribution in [1.29, 1.82) is 0 Å². The van der Waals surface area contributed by atoms with Gasteiger partial charge in [-0.05, 0) is 136 Å². The zero-order chi connectivity index (χ0) is 45.0. The van der Waals surface area contributed by atoms with Crippen LogP contribution in [0, 0.1) is 21.4 Å². The molecule has 0 aliphatic carbocycles. The quantitative estimate of drug-likeness (QED) is 0.0750. The lowest BCUT2D eigenvalue weighted by atomic mass is 10.1. The van der Waals surface area contributed by atoms with Crippen molar-refractivity contribution in [2.75, 3.05) is 84.5 Å². The highest BCUT2D eigenvalue weighted by molar-refractivity contribution is 14.1. The van der Waals surface area contributed by atoms with E-state index in [2.05, 4.69) is 21.3 Å². The lowest BCUT2D eigenvalue weighted by Gasteiger charge is -2.26. The smallest absolute Gasteiger partial charge is 0.255 e. The fraction of sp³-hybridized carbons (Fsp3) is 0.455. The molecule has 4 unspecified atom stereocenters. The van der Waals surface area contributed by atoms with Crippen LogP contribution in [0.15, 0.2) is 0 Å². The molecule has 4 atom stereocenters. The Labute approximate surface area is 419 Å². The van der Waals surface area contributed by atoms with Crippen LogP contribution in [0.5, 0.6) is 0 Å². The van der Waals surface area contributed by atoms with Crippen LogP contribution in [0.4, 0.5) is 11.4 Å². The van der Waals surface area contributed by atoms with E-state index in [9.17, 15) is 64.5 Å². The molecule has 0 radical (unpaired) electrons. The lowest BCUT2D eigenvalue weighted by Crippen LogP contribution is -2.47. The fourth-order valence-corrected chi connectivity index (χ4v) is 13.8. The van der Waals surface area contributed by atoms with Crippen LogP contribution in [0.1, 0.15) is 41.4 Å². The Morgan fingerprint density at radius 2 is 1.00 bits per heavy atom. The molecular formula is C33H40I6N6O14. The molecule has 0 spiro atoms. The second-order valence-electron chi connectivity index (χ2n) is 12.4. The number of aliphatic hydroxyl groups excluding tert-OH is 7. The average Bonchev–Trinajstić information content (AvgIpc) is 3.18. The molecule has 26 heteroatoms.